The molecule has 0 unspecified atom stereocenters. The lowest BCUT2D eigenvalue weighted by Gasteiger charge is -2.04. The van der Waals surface area contributed by atoms with Crippen LogP contribution in [0.2, 0.25) is 0 Å². The zero-order chi connectivity index (χ0) is 21.3. The minimum absolute atomic E-state index is 0.0750. The van der Waals surface area contributed by atoms with Crippen LogP contribution in [0.1, 0.15) is 23.1 Å². The number of hydrogen-bond donors (Lipinski definition) is 1. The summed E-state index contributed by atoms with van der Waals surface area (Å²) in [4.78, 5) is 28.9. The molecule has 3 aromatic rings. The zero-order valence-electron chi connectivity index (χ0n) is 15.9. The Kier molecular flexibility index (Phi) is 5.68. The fraction of sp³-hybridized carbons (Fsp3) is 0.294. The molecule has 0 aliphatic rings. The van der Waals surface area contributed by atoms with Gasteiger partial charge in [0, 0.05) is 6.54 Å². The summed E-state index contributed by atoms with van der Waals surface area (Å²) in [6, 6.07) is 5.86. The van der Waals surface area contributed by atoms with Gasteiger partial charge in [-0.25, -0.2) is 13.6 Å². The van der Waals surface area contributed by atoms with Gasteiger partial charge in [0.15, 0.2) is 4.80 Å². The van der Waals surface area contributed by atoms with E-state index in [-0.39, 0.29) is 16.2 Å². The van der Waals surface area contributed by atoms with Crippen LogP contribution in [0.3, 0.4) is 0 Å². The molecule has 0 atom stereocenters. The normalized spacial score (nSPS) is 12.5. The number of thiazole rings is 1. The molecule has 12 heteroatoms. The molecule has 2 heterocycles. The van der Waals surface area contributed by atoms with Crippen molar-refractivity contribution in [3.8, 4) is 0 Å². The summed E-state index contributed by atoms with van der Waals surface area (Å²) < 4.78 is 31.6. The summed E-state index contributed by atoms with van der Waals surface area (Å²) in [5, 5.41) is 9.43. The van der Waals surface area contributed by atoms with Gasteiger partial charge in [-0.1, -0.05) is 11.3 Å². The van der Waals surface area contributed by atoms with Gasteiger partial charge >= 0.3 is 5.97 Å². The predicted molar refractivity (Wildman–Crippen MR) is 106 cm³/mol. The van der Waals surface area contributed by atoms with Gasteiger partial charge in [0.1, 0.15) is 12.2 Å². The first-order valence-corrected chi connectivity index (χ1v) is 10.9. The Morgan fingerprint density at radius 3 is 2.66 bits per heavy atom. The Morgan fingerprint density at radius 2 is 2.03 bits per heavy atom. The molecule has 0 spiro atoms. The number of hydrogen-bond acceptors (Lipinski definition) is 7. The number of fused-ring (bicyclic) bond motifs is 1. The molecule has 0 fully saturated rings. The second-order valence-corrected chi connectivity index (χ2v) is 8.70. The van der Waals surface area contributed by atoms with Crippen LogP contribution in [-0.4, -0.2) is 41.8 Å². The number of amides is 1. The van der Waals surface area contributed by atoms with E-state index in [1.165, 1.54) is 34.6 Å². The number of esters is 1. The second-order valence-electron chi connectivity index (χ2n) is 6.13. The molecule has 0 radical (unpaired) electrons. The van der Waals surface area contributed by atoms with Crippen LogP contribution in [0.15, 0.2) is 34.2 Å². The Morgan fingerprint density at radius 1 is 1.31 bits per heavy atom. The van der Waals surface area contributed by atoms with Crippen molar-refractivity contribution in [1.29, 1.82) is 0 Å². The molecule has 154 valence electrons. The fourth-order valence-electron chi connectivity index (χ4n) is 2.77. The lowest BCUT2D eigenvalue weighted by molar-refractivity contribution is -0.141. The van der Waals surface area contributed by atoms with Crippen molar-refractivity contribution < 1.29 is 22.7 Å². The molecule has 0 saturated heterocycles. The summed E-state index contributed by atoms with van der Waals surface area (Å²) in [6.07, 6.45) is 0. The maximum atomic E-state index is 12.8. The first kappa shape index (κ1) is 20.9. The number of rotatable bonds is 5. The minimum atomic E-state index is -3.90. The lowest BCUT2D eigenvalue weighted by atomic mass is 10.3. The average Bonchev–Trinajstić information content (AvgIpc) is 3.20. The quantitative estimate of drug-likeness (QED) is 0.586. The monoisotopic (exact) mass is 437 g/mol. The van der Waals surface area contributed by atoms with E-state index < -0.39 is 21.9 Å². The number of aryl methyl sites for hydroxylation is 2. The standard InChI is InChI=1S/C17H19N5O5S2/c1-4-22-13(7-10(2)20-22)16(24)19-17-21(9-15(23)27-3)12-6-5-11(29(18,25)26)8-14(12)28-17/h5-8H,4,9H2,1-3H3,(H2,18,25,26). The van der Waals surface area contributed by atoms with Gasteiger partial charge in [-0.2, -0.15) is 10.1 Å². The fourth-order valence-corrected chi connectivity index (χ4v) is 4.45. The van der Waals surface area contributed by atoms with Gasteiger partial charge in [0.25, 0.3) is 5.91 Å². The number of benzene rings is 1. The number of ether oxygens (including phenoxy) is 1. The first-order chi connectivity index (χ1) is 13.6. The molecular weight excluding hydrogens is 418 g/mol. The Balaban J connectivity index is 2.21. The third kappa shape index (κ3) is 4.28. The second kappa shape index (κ2) is 7.89. The van der Waals surface area contributed by atoms with Crippen LogP contribution >= 0.6 is 11.3 Å². The maximum Gasteiger partial charge on any atom is 0.325 e. The van der Waals surface area contributed by atoms with Crippen LogP contribution in [-0.2, 0) is 32.6 Å². The highest BCUT2D eigenvalue weighted by Crippen LogP contribution is 2.21. The van der Waals surface area contributed by atoms with E-state index in [1.807, 2.05) is 6.92 Å². The van der Waals surface area contributed by atoms with Gasteiger partial charge < -0.3 is 9.30 Å². The van der Waals surface area contributed by atoms with Gasteiger partial charge in [0.05, 0.1) is 27.9 Å². The number of carbonyl (C=O) groups is 2. The highest BCUT2D eigenvalue weighted by Gasteiger charge is 2.17. The number of nitrogens with zero attached hydrogens (tertiary/aromatic N) is 4. The zero-order valence-corrected chi connectivity index (χ0v) is 17.6. The SMILES string of the molecule is CCn1nc(C)cc1C(=O)N=c1sc2cc(S(N)(=O)=O)ccc2n1CC(=O)OC. The van der Waals surface area contributed by atoms with Gasteiger partial charge in [0.2, 0.25) is 10.0 Å². The van der Waals surface area contributed by atoms with Crippen molar-refractivity contribution in [2.45, 2.75) is 31.8 Å². The summed E-state index contributed by atoms with van der Waals surface area (Å²) >= 11 is 1.07. The molecule has 1 amide bonds. The highest BCUT2D eigenvalue weighted by molar-refractivity contribution is 7.89. The third-order valence-corrected chi connectivity index (χ3v) is 6.07. The average molecular weight is 438 g/mol. The number of sulfonamides is 1. The van der Waals surface area contributed by atoms with E-state index in [1.54, 1.807) is 13.0 Å². The molecule has 29 heavy (non-hydrogen) atoms. The molecule has 2 aromatic heterocycles. The van der Waals surface area contributed by atoms with Crippen LogP contribution in [0, 0.1) is 6.92 Å². The van der Waals surface area contributed by atoms with Crippen molar-refractivity contribution >= 4 is 43.5 Å². The summed E-state index contributed by atoms with van der Waals surface area (Å²) in [5.74, 6) is -1.06. The molecule has 0 aliphatic carbocycles. The number of nitrogens with two attached hydrogens (primary N) is 1. The number of carbonyl (C=O) groups excluding carboxylic acids is 2. The van der Waals surface area contributed by atoms with Gasteiger partial charge in [-0.05, 0) is 38.1 Å². The van der Waals surface area contributed by atoms with Crippen LogP contribution in [0.4, 0.5) is 0 Å². The Hall–Kier alpha value is -2.83. The van der Waals surface area contributed by atoms with E-state index in [0.29, 0.717) is 28.1 Å². The van der Waals surface area contributed by atoms with E-state index >= 15 is 0 Å². The highest BCUT2D eigenvalue weighted by atomic mass is 32.2. The van der Waals surface area contributed by atoms with Crippen LogP contribution in [0.5, 0.6) is 0 Å². The number of methoxy groups -OCH3 is 1. The number of aromatic nitrogens is 3. The minimum Gasteiger partial charge on any atom is -0.468 e. The lowest BCUT2D eigenvalue weighted by Crippen LogP contribution is -2.23. The molecular formula is C17H19N5O5S2. The van der Waals surface area contributed by atoms with Gasteiger partial charge in [-0.3, -0.25) is 14.3 Å². The summed E-state index contributed by atoms with van der Waals surface area (Å²) in [6.45, 7) is 3.93. The van der Waals surface area contributed by atoms with E-state index in [0.717, 1.165) is 11.3 Å². The topological polar surface area (TPSA) is 139 Å². The van der Waals surface area contributed by atoms with Crippen molar-refractivity contribution in [2.75, 3.05) is 7.11 Å². The first-order valence-electron chi connectivity index (χ1n) is 8.50. The maximum absolute atomic E-state index is 12.8. The van der Waals surface area contributed by atoms with Crippen molar-refractivity contribution in [2.24, 2.45) is 10.1 Å². The molecule has 0 saturated carbocycles. The van der Waals surface area contributed by atoms with Gasteiger partial charge in [-0.15, -0.1) is 0 Å². The smallest absolute Gasteiger partial charge is 0.325 e. The van der Waals surface area contributed by atoms with E-state index in [4.69, 9.17) is 9.88 Å². The largest absolute Gasteiger partial charge is 0.468 e. The van der Waals surface area contributed by atoms with Crippen molar-refractivity contribution in [3.63, 3.8) is 0 Å². The molecule has 2 N–H and O–H groups in total. The molecule has 3 rings (SSSR count). The Labute approximate surface area is 170 Å². The van der Waals surface area contributed by atoms with Crippen LogP contribution < -0.4 is 9.94 Å². The summed E-state index contributed by atoms with van der Waals surface area (Å²) in [7, 11) is -2.65. The third-order valence-electron chi connectivity index (χ3n) is 4.12. The summed E-state index contributed by atoms with van der Waals surface area (Å²) in [5.41, 5.74) is 1.53. The molecule has 0 bridgehead atoms. The molecule has 0 aliphatic heterocycles. The molecule has 1 aromatic carbocycles. The van der Waals surface area contributed by atoms with Crippen molar-refractivity contribution in [3.05, 3.63) is 40.5 Å². The van der Waals surface area contributed by atoms with Crippen LogP contribution in [0.25, 0.3) is 10.2 Å². The number of primary sulfonamides is 1. The predicted octanol–water partition coefficient (Wildman–Crippen LogP) is 0.789. The van der Waals surface area contributed by atoms with Crippen molar-refractivity contribution in [1.82, 2.24) is 14.3 Å². The Bertz CT molecular complexity index is 1280. The van der Waals surface area contributed by atoms with E-state index in [2.05, 4.69) is 10.1 Å². The van der Waals surface area contributed by atoms with E-state index in [9.17, 15) is 18.0 Å². The molecule has 10 nitrogen and oxygen atoms in total.